The molecule has 2 unspecified atom stereocenters. The van der Waals surface area contributed by atoms with Gasteiger partial charge in [0.05, 0.1) is 10.8 Å². The van der Waals surface area contributed by atoms with Gasteiger partial charge in [0, 0.05) is 5.57 Å². The van der Waals surface area contributed by atoms with E-state index in [1.165, 1.54) is 0 Å². The van der Waals surface area contributed by atoms with Crippen LogP contribution in [0.2, 0.25) is 0 Å². The number of hydrogen-bond donors (Lipinski definition) is 1. The smallest absolute Gasteiger partial charge is 0.339 e. The molecule has 0 saturated heterocycles. The van der Waals surface area contributed by atoms with Gasteiger partial charge in [0.15, 0.2) is 11.1 Å². The summed E-state index contributed by atoms with van der Waals surface area (Å²) in [6, 6.07) is 9.40. The van der Waals surface area contributed by atoms with Crippen LogP contribution in [0.3, 0.4) is 0 Å². The Labute approximate surface area is 125 Å². The predicted molar refractivity (Wildman–Crippen MR) is 80.7 cm³/mol. The van der Waals surface area contributed by atoms with Crippen molar-refractivity contribution >= 4 is 22.6 Å². The van der Waals surface area contributed by atoms with Crippen molar-refractivity contribution in [1.82, 2.24) is 0 Å². The molecule has 1 aliphatic carbocycles. The van der Waals surface area contributed by atoms with Crippen LogP contribution in [-0.2, 0) is 20.6 Å². The molecule has 21 heavy (non-hydrogen) atoms. The molecular formula is C16H14O4S. The highest BCUT2D eigenvalue weighted by Gasteiger charge is 2.28. The first kappa shape index (κ1) is 14.0. The fourth-order valence-corrected chi connectivity index (χ4v) is 2.98. The average molecular weight is 302 g/mol. The molecule has 1 aliphatic heterocycles. The number of carbonyl (C=O) groups excluding carboxylic acids is 1. The summed E-state index contributed by atoms with van der Waals surface area (Å²) in [5.74, 6) is -0.321. The maximum absolute atomic E-state index is 12.0. The zero-order chi connectivity index (χ0) is 14.8. The second-order valence-corrected chi connectivity index (χ2v) is 6.02. The predicted octanol–water partition coefficient (Wildman–Crippen LogP) is 2.47. The minimum atomic E-state index is -1.87. The number of allylic oxidation sites excluding steroid dienone is 2. The van der Waals surface area contributed by atoms with E-state index >= 15 is 0 Å². The van der Waals surface area contributed by atoms with Gasteiger partial charge in [0.25, 0.3) is 0 Å². The van der Waals surface area contributed by atoms with Gasteiger partial charge in [-0.1, -0.05) is 48.6 Å². The lowest BCUT2D eigenvalue weighted by atomic mass is 9.93. The number of esters is 1. The molecule has 0 radical (unpaired) electrons. The molecule has 1 N–H and O–H groups in total. The molecule has 1 heterocycles. The Hall–Kier alpha value is -1.98. The molecule has 2 atom stereocenters. The zero-order valence-electron chi connectivity index (χ0n) is 11.2. The van der Waals surface area contributed by atoms with Crippen molar-refractivity contribution in [3.05, 3.63) is 65.3 Å². The lowest BCUT2D eigenvalue weighted by Crippen LogP contribution is -2.13. The SMILES string of the molecule is O=C1OCC(C2=CCC(S(=O)O)C=C2)=C1c1ccccc1. The van der Waals surface area contributed by atoms with Crippen molar-refractivity contribution in [1.29, 1.82) is 0 Å². The van der Waals surface area contributed by atoms with Crippen molar-refractivity contribution in [2.45, 2.75) is 11.7 Å². The molecule has 1 aromatic carbocycles. The highest BCUT2D eigenvalue weighted by Crippen LogP contribution is 2.33. The quantitative estimate of drug-likeness (QED) is 0.688. The Morgan fingerprint density at radius 2 is 2.00 bits per heavy atom. The molecule has 5 heteroatoms. The molecule has 0 saturated carbocycles. The van der Waals surface area contributed by atoms with Crippen LogP contribution in [-0.4, -0.2) is 26.6 Å². The molecule has 0 aromatic heterocycles. The molecule has 108 valence electrons. The van der Waals surface area contributed by atoms with Crippen LogP contribution in [0.5, 0.6) is 0 Å². The number of ether oxygens (including phenoxy) is 1. The van der Waals surface area contributed by atoms with E-state index in [9.17, 15) is 9.00 Å². The van der Waals surface area contributed by atoms with Gasteiger partial charge < -0.3 is 9.29 Å². The summed E-state index contributed by atoms with van der Waals surface area (Å²) in [6.07, 6.45) is 5.88. The lowest BCUT2D eigenvalue weighted by molar-refractivity contribution is -0.134. The van der Waals surface area contributed by atoms with E-state index in [0.29, 0.717) is 12.0 Å². The van der Waals surface area contributed by atoms with Gasteiger partial charge in [-0.15, -0.1) is 0 Å². The number of rotatable bonds is 3. The topological polar surface area (TPSA) is 63.6 Å². The van der Waals surface area contributed by atoms with E-state index in [1.807, 2.05) is 36.4 Å². The second-order valence-electron chi connectivity index (χ2n) is 4.86. The van der Waals surface area contributed by atoms with Crippen molar-refractivity contribution < 1.29 is 18.3 Å². The highest BCUT2D eigenvalue weighted by molar-refractivity contribution is 7.80. The maximum atomic E-state index is 12.0. The fourth-order valence-electron chi connectivity index (χ4n) is 2.50. The first-order valence-electron chi connectivity index (χ1n) is 6.61. The van der Waals surface area contributed by atoms with E-state index in [4.69, 9.17) is 9.29 Å². The molecule has 2 aliphatic rings. The van der Waals surface area contributed by atoms with Crippen LogP contribution in [0.25, 0.3) is 5.57 Å². The maximum Gasteiger partial charge on any atom is 0.339 e. The molecule has 0 bridgehead atoms. The van der Waals surface area contributed by atoms with Gasteiger partial charge in [-0.3, -0.25) is 0 Å². The lowest BCUT2D eigenvalue weighted by Gasteiger charge is -2.13. The molecule has 0 fully saturated rings. The van der Waals surface area contributed by atoms with E-state index in [0.717, 1.165) is 16.7 Å². The van der Waals surface area contributed by atoms with E-state index < -0.39 is 11.1 Å². The summed E-state index contributed by atoms with van der Waals surface area (Å²) in [5.41, 5.74) is 3.14. The summed E-state index contributed by atoms with van der Waals surface area (Å²) in [7, 11) is 0. The Kier molecular flexibility index (Phi) is 3.86. The molecule has 4 nitrogen and oxygen atoms in total. The number of hydrogen-bond acceptors (Lipinski definition) is 3. The summed E-state index contributed by atoms with van der Waals surface area (Å²) in [6.45, 7) is 0.242. The average Bonchev–Trinajstić information content (AvgIpc) is 2.90. The Morgan fingerprint density at radius 3 is 2.62 bits per heavy atom. The molecule has 3 rings (SSSR count). The number of benzene rings is 1. The molecular weight excluding hydrogens is 288 g/mol. The summed E-state index contributed by atoms with van der Waals surface area (Å²) in [4.78, 5) is 12.0. The third-order valence-corrected chi connectivity index (χ3v) is 4.45. The molecule has 0 spiro atoms. The van der Waals surface area contributed by atoms with Crippen molar-refractivity contribution in [3.8, 4) is 0 Å². The van der Waals surface area contributed by atoms with Crippen LogP contribution in [0, 0.1) is 0 Å². The number of carbonyl (C=O) groups is 1. The van der Waals surface area contributed by atoms with Gasteiger partial charge >= 0.3 is 5.97 Å². The Balaban J connectivity index is 1.97. The monoisotopic (exact) mass is 302 g/mol. The van der Waals surface area contributed by atoms with E-state index in [-0.39, 0.29) is 17.8 Å². The van der Waals surface area contributed by atoms with Gasteiger partial charge in [-0.2, -0.15) is 0 Å². The Bertz CT molecular complexity index is 685. The van der Waals surface area contributed by atoms with Crippen LogP contribution >= 0.6 is 0 Å². The summed E-state index contributed by atoms with van der Waals surface area (Å²) < 4.78 is 25.3. The highest BCUT2D eigenvalue weighted by atomic mass is 32.2. The van der Waals surface area contributed by atoms with Crippen LogP contribution in [0.15, 0.2) is 59.7 Å². The number of cyclic esters (lactones) is 1. The Morgan fingerprint density at radius 1 is 1.24 bits per heavy atom. The van der Waals surface area contributed by atoms with Crippen LogP contribution in [0.4, 0.5) is 0 Å². The van der Waals surface area contributed by atoms with E-state index in [1.54, 1.807) is 12.2 Å². The van der Waals surface area contributed by atoms with Gasteiger partial charge in [0.2, 0.25) is 0 Å². The first-order valence-corrected chi connectivity index (χ1v) is 7.78. The van der Waals surface area contributed by atoms with Crippen molar-refractivity contribution in [2.75, 3.05) is 6.61 Å². The zero-order valence-corrected chi connectivity index (χ0v) is 12.0. The molecule has 1 aromatic rings. The van der Waals surface area contributed by atoms with Gasteiger partial charge in [0.1, 0.15) is 6.61 Å². The van der Waals surface area contributed by atoms with Crippen LogP contribution in [0.1, 0.15) is 12.0 Å². The summed E-state index contributed by atoms with van der Waals surface area (Å²) >= 11 is -1.87. The minimum Gasteiger partial charge on any atom is -0.457 e. The summed E-state index contributed by atoms with van der Waals surface area (Å²) in [5, 5.41) is -0.382. The first-order chi connectivity index (χ1) is 10.2. The molecule has 0 amide bonds. The largest absolute Gasteiger partial charge is 0.457 e. The van der Waals surface area contributed by atoms with Crippen molar-refractivity contribution in [3.63, 3.8) is 0 Å². The second kappa shape index (κ2) is 5.79. The normalized spacial score (nSPS) is 23.0. The van der Waals surface area contributed by atoms with E-state index in [2.05, 4.69) is 0 Å². The van der Waals surface area contributed by atoms with Crippen molar-refractivity contribution in [2.24, 2.45) is 0 Å². The fraction of sp³-hybridized carbons (Fsp3) is 0.188. The minimum absolute atomic E-state index is 0.242. The third-order valence-electron chi connectivity index (χ3n) is 3.58. The van der Waals surface area contributed by atoms with Crippen LogP contribution < -0.4 is 0 Å². The standard InChI is InChI=1S/C16H14O4S/c17-16-15(12-4-2-1-3-5-12)14(10-20-16)11-6-8-13(9-7-11)21(18)19/h1-8,13H,9-10H2,(H,18,19). The third kappa shape index (κ3) is 2.75. The van der Waals surface area contributed by atoms with Gasteiger partial charge in [-0.25, -0.2) is 9.00 Å². The van der Waals surface area contributed by atoms with Gasteiger partial charge in [-0.05, 0) is 17.6 Å².